The van der Waals surface area contributed by atoms with Crippen molar-refractivity contribution in [2.75, 3.05) is 0 Å². The zero-order valence-corrected chi connectivity index (χ0v) is 19.0. The van der Waals surface area contributed by atoms with Crippen LogP contribution in [0.5, 0.6) is 0 Å². The average molecular weight is 411 g/mol. The molecule has 30 heavy (non-hydrogen) atoms. The van der Waals surface area contributed by atoms with Crippen LogP contribution in [-0.2, 0) is 0 Å². The molecule has 0 aliphatic heterocycles. The van der Waals surface area contributed by atoms with Gasteiger partial charge in [0.2, 0.25) is 0 Å². The van der Waals surface area contributed by atoms with Crippen LogP contribution in [0.4, 0.5) is 0 Å². The van der Waals surface area contributed by atoms with Gasteiger partial charge >= 0.3 is 0 Å². The van der Waals surface area contributed by atoms with Crippen LogP contribution < -0.4 is 0 Å². The van der Waals surface area contributed by atoms with E-state index in [1.807, 2.05) is 0 Å². The molecule has 5 atom stereocenters. The lowest BCUT2D eigenvalue weighted by molar-refractivity contribution is 0.0862. The van der Waals surface area contributed by atoms with E-state index in [0.29, 0.717) is 24.7 Å². The molecule has 0 aromatic carbocycles. The molecule has 3 N–H and O–H groups in total. The third-order valence-electron chi connectivity index (χ3n) is 7.21. The zero-order chi connectivity index (χ0) is 22.1. The van der Waals surface area contributed by atoms with Crippen LogP contribution in [0.3, 0.4) is 0 Å². The van der Waals surface area contributed by atoms with Gasteiger partial charge in [0.05, 0.1) is 12.2 Å². The molecule has 3 aliphatic rings. The summed E-state index contributed by atoms with van der Waals surface area (Å²) >= 11 is 0. The van der Waals surface area contributed by atoms with E-state index >= 15 is 0 Å². The molecule has 2 saturated carbocycles. The average Bonchev–Trinajstić information content (AvgIpc) is 3.00. The molecule has 0 aromatic heterocycles. The van der Waals surface area contributed by atoms with E-state index in [0.717, 1.165) is 30.4 Å². The van der Waals surface area contributed by atoms with Crippen molar-refractivity contribution in [2.24, 2.45) is 17.3 Å². The van der Waals surface area contributed by atoms with Crippen molar-refractivity contribution in [2.45, 2.75) is 90.4 Å². The molecular formula is C27H38O3. The minimum atomic E-state index is -0.936. The molecule has 0 aromatic rings. The van der Waals surface area contributed by atoms with Crippen molar-refractivity contribution in [1.82, 2.24) is 0 Å². The fraction of sp³-hybridized carbons (Fsp3) is 0.630. The summed E-state index contributed by atoms with van der Waals surface area (Å²) in [6.45, 7) is 12.1. The lowest BCUT2D eigenvalue weighted by atomic mass is 9.62. The van der Waals surface area contributed by atoms with E-state index in [2.05, 4.69) is 50.5 Å². The smallest absolute Gasteiger partial charge is 0.119 e. The maximum absolute atomic E-state index is 10.1. The first-order valence-corrected chi connectivity index (χ1v) is 11.4. The highest BCUT2D eigenvalue weighted by atomic mass is 16.3. The topological polar surface area (TPSA) is 60.7 Å². The molecule has 0 radical (unpaired) electrons. The van der Waals surface area contributed by atoms with E-state index in [4.69, 9.17) is 0 Å². The number of aliphatic hydroxyl groups is 3. The van der Waals surface area contributed by atoms with Crippen LogP contribution in [0.25, 0.3) is 0 Å². The summed E-state index contributed by atoms with van der Waals surface area (Å²) in [5, 5.41) is 30.0. The molecule has 164 valence electrons. The van der Waals surface area contributed by atoms with Gasteiger partial charge in [-0.05, 0) is 74.3 Å². The first kappa shape index (κ1) is 23.1. The van der Waals surface area contributed by atoms with Crippen molar-refractivity contribution in [3.63, 3.8) is 0 Å². The Bertz CT molecular complexity index is 826. The highest BCUT2D eigenvalue weighted by Gasteiger charge is 2.45. The number of allylic oxidation sites excluding steroid dienone is 5. The summed E-state index contributed by atoms with van der Waals surface area (Å²) < 4.78 is 0. The third kappa shape index (κ3) is 4.99. The standard InChI is InChI=1S/C27H38O3/c1-18(8-6-14-26(3,4)30)23-12-13-24-20(9-7-15-27(23,24)5)10-11-21-16-22(28)17-25(29)19(21)2/h10-12,18,22,24-25,28-30H,2,7-9,13,15-17H2,1,3-5H3/b20-10+,21-11-/t18-,22-,24-,25-,27+/m0/s1. The Morgan fingerprint density at radius 1 is 1.33 bits per heavy atom. The molecule has 3 rings (SSSR count). The van der Waals surface area contributed by atoms with Gasteiger partial charge in [0.1, 0.15) is 5.60 Å². The lowest BCUT2D eigenvalue weighted by Crippen LogP contribution is -2.32. The SMILES string of the molecule is C=C1/C(=C\C=C2/CCC[C@]3(C)C([C@@H](C)CC#CC(C)(C)O)=CC[C@@H]23)C[C@H](O)C[C@@H]1O. The highest BCUT2D eigenvalue weighted by molar-refractivity contribution is 5.40. The first-order valence-electron chi connectivity index (χ1n) is 11.4. The van der Waals surface area contributed by atoms with E-state index in [1.54, 1.807) is 13.8 Å². The third-order valence-corrected chi connectivity index (χ3v) is 7.21. The van der Waals surface area contributed by atoms with Crippen LogP contribution >= 0.6 is 0 Å². The molecule has 2 fully saturated rings. The van der Waals surface area contributed by atoms with Gasteiger partial charge in [0, 0.05) is 12.8 Å². The molecular weight excluding hydrogens is 372 g/mol. The Labute approximate surface area is 182 Å². The second-order valence-electron chi connectivity index (χ2n) is 10.3. The minimum absolute atomic E-state index is 0.168. The number of hydrogen-bond donors (Lipinski definition) is 3. The van der Waals surface area contributed by atoms with Gasteiger partial charge in [0.25, 0.3) is 0 Å². The van der Waals surface area contributed by atoms with Gasteiger partial charge in [-0.3, -0.25) is 0 Å². The maximum Gasteiger partial charge on any atom is 0.119 e. The Morgan fingerprint density at radius 2 is 2.07 bits per heavy atom. The molecule has 0 spiro atoms. The van der Waals surface area contributed by atoms with Gasteiger partial charge in [-0.2, -0.15) is 0 Å². The first-order chi connectivity index (χ1) is 14.0. The summed E-state index contributed by atoms with van der Waals surface area (Å²) in [4.78, 5) is 0. The Hall–Kier alpha value is -1.60. The minimum Gasteiger partial charge on any atom is -0.393 e. The number of aliphatic hydroxyl groups excluding tert-OH is 2. The van der Waals surface area contributed by atoms with Crippen LogP contribution in [0, 0.1) is 29.1 Å². The second-order valence-corrected chi connectivity index (χ2v) is 10.3. The van der Waals surface area contributed by atoms with Crippen LogP contribution in [0.1, 0.15) is 72.6 Å². The summed E-state index contributed by atoms with van der Waals surface area (Å²) in [6.07, 6.45) is 11.9. The second kappa shape index (κ2) is 8.87. The van der Waals surface area contributed by atoms with Gasteiger partial charge in [-0.1, -0.05) is 61.6 Å². The maximum atomic E-state index is 10.1. The quantitative estimate of drug-likeness (QED) is 0.460. The Kier molecular flexibility index (Phi) is 6.82. The fourth-order valence-corrected chi connectivity index (χ4v) is 5.61. The number of fused-ring (bicyclic) bond motifs is 1. The molecule has 0 saturated heterocycles. The van der Waals surface area contributed by atoms with E-state index in [-0.39, 0.29) is 5.41 Å². The summed E-state index contributed by atoms with van der Waals surface area (Å²) in [6, 6.07) is 0. The van der Waals surface area contributed by atoms with Crippen LogP contribution in [-0.4, -0.2) is 33.1 Å². The zero-order valence-electron chi connectivity index (χ0n) is 19.0. The molecule has 0 unspecified atom stereocenters. The molecule has 3 aliphatic carbocycles. The van der Waals surface area contributed by atoms with Crippen molar-refractivity contribution in [3.05, 3.63) is 47.1 Å². The van der Waals surface area contributed by atoms with Gasteiger partial charge in [-0.25, -0.2) is 0 Å². The van der Waals surface area contributed by atoms with Crippen molar-refractivity contribution in [3.8, 4) is 11.8 Å². The molecule has 3 nitrogen and oxygen atoms in total. The van der Waals surface area contributed by atoms with Crippen molar-refractivity contribution in [1.29, 1.82) is 0 Å². The van der Waals surface area contributed by atoms with Crippen LogP contribution in [0.15, 0.2) is 47.1 Å². The van der Waals surface area contributed by atoms with Gasteiger partial charge < -0.3 is 15.3 Å². The van der Waals surface area contributed by atoms with E-state index in [1.165, 1.54) is 24.0 Å². The van der Waals surface area contributed by atoms with Gasteiger partial charge in [0.15, 0.2) is 0 Å². The van der Waals surface area contributed by atoms with E-state index < -0.39 is 17.8 Å². The fourth-order valence-electron chi connectivity index (χ4n) is 5.61. The summed E-state index contributed by atoms with van der Waals surface area (Å²) in [7, 11) is 0. The molecule has 3 heteroatoms. The van der Waals surface area contributed by atoms with Crippen LogP contribution in [0.2, 0.25) is 0 Å². The van der Waals surface area contributed by atoms with Crippen molar-refractivity contribution < 1.29 is 15.3 Å². The predicted octanol–water partition coefficient (Wildman–Crippen LogP) is 4.85. The predicted molar refractivity (Wildman–Crippen MR) is 123 cm³/mol. The molecule has 0 amide bonds. The van der Waals surface area contributed by atoms with Gasteiger partial charge in [-0.15, -0.1) is 0 Å². The Morgan fingerprint density at radius 3 is 2.77 bits per heavy atom. The largest absolute Gasteiger partial charge is 0.393 e. The summed E-state index contributed by atoms with van der Waals surface area (Å²) in [5.74, 6) is 7.03. The molecule has 0 heterocycles. The van der Waals surface area contributed by atoms with E-state index in [9.17, 15) is 15.3 Å². The normalized spacial score (nSPS) is 35.6. The molecule has 0 bridgehead atoms. The number of hydrogen-bond acceptors (Lipinski definition) is 3. The highest BCUT2D eigenvalue weighted by Crippen LogP contribution is 2.56. The number of rotatable bonds is 3. The summed E-state index contributed by atoms with van der Waals surface area (Å²) in [5.41, 5.74) is 3.95. The lowest BCUT2D eigenvalue weighted by Gasteiger charge is -2.42. The monoisotopic (exact) mass is 410 g/mol. The van der Waals surface area contributed by atoms with Crippen molar-refractivity contribution >= 4 is 0 Å². The Balaban J connectivity index is 1.76.